The second-order valence-corrected chi connectivity index (χ2v) is 4.78. The first-order valence-corrected chi connectivity index (χ1v) is 7.02. The Hall–Kier alpha value is -3.08. The Morgan fingerprint density at radius 3 is 2.48 bits per heavy atom. The van der Waals surface area contributed by atoms with Gasteiger partial charge in [0.2, 0.25) is 5.90 Å². The van der Waals surface area contributed by atoms with Crippen LogP contribution in [0.2, 0.25) is 0 Å². The van der Waals surface area contributed by atoms with Crippen molar-refractivity contribution in [3.8, 4) is 11.5 Å². The molecule has 0 atom stereocenters. The maximum atomic E-state index is 12.0. The molecule has 0 radical (unpaired) electrons. The molecule has 0 fully saturated rings. The molecule has 2 aromatic carbocycles. The summed E-state index contributed by atoms with van der Waals surface area (Å²) < 4.78 is 15.8. The Morgan fingerprint density at radius 1 is 1.00 bits per heavy atom. The van der Waals surface area contributed by atoms with Gasteiger partial charge < -0.3 is 14.2 Å². The molecule has 0 aromatic heterocycles. The third-order valence-electron chi connectivity index (χ3n) is 3.37. The molecule has 2 aromatic rings. The molecule has 0 bridgehead atoms. The van der Waals surface area contributed by atoms with Gasteiger partial charge in [0.1, 0.15) is 0 Å². The number of hydrogen-bond acceptors (Lipinski definition) is 5. The molecule has 23 heavy (non-hydrogen) atoms. The van der Waals surface area contributed by atoms with E-state index in [2.05, 4.69) is 4.99 Å². The molecule has 116 valence electrons. The number of methoxy groups -OCH3 is 2. The van der Waals surface area contributed by atoms with Gasteiger partial charge in [0.05, 0.1) is 14.2 Å². The number of para-hydroxylation sites is 1. The van der Waals surface area contributed by atoms with Gasteiger partial charge >= 0.3 is 5.97 Å². The minimum atomic E-state index is -0.492. The van der Waals surface area contributed by atoms with Crippen LogP contribution < -0.4 is 9.47 Å². The van der Waals surface area contributed by atoms with Crippen LogP contribution in [0.4, 0.5) is 0 Å². The van der Waals surface area contributed by atoms with E-state index < -0.39 is 5.97 Å². The van der Waals surface area contributed by atoms with Crippen molar-refractivity contribution in [3.63, 3.8) is 0 Å². The van der Waals surface area contributed by atoms with Crippen molar-refractivity contribution in [1.82, 2.24) is 0 Å². The molecule has 1 aliphatic heterocycles. The molecule has 0 saturated heterocycles. The summed E-state index contributed by atoms with van der Waals surface area (Å²) >= 11 is 0. The summed E-state index contributed by atoms with van der Waals surface area (Å²) in [6.45, 7) is 0. The maximum Gasteiger partial charge on any atom is 0.363 e. The lowest BCUT2D eigenvalue weighted by atomic mass is 10.1. The van der Waals surface area contributed by atoms with Crippen molar-refractivity contribution in [3.05, 3.63) is 65.4 Å². The SMILES string of the molecule is COc1cccc(/C=C2/N=C(c3ccccc3)OC2=O)c1OC. The Bertz CT molecular complexity index is 794. The molecule has 0 aliphatic carbocycles. The molecule has 0 saturated carbocycles. The number of benzene rings is 2. The summed E-state index contributed by atoms with van der Waals surface area (Å²) in [7, 11) is 3.11. The average molecular weight is 309 g/mol. The van der Waals surface area contributed by atoms with Crippen molar-refractivity contribution in [2.24, 2.45) is 4.99 Å². The number of ether oxygens (including phenoxy) is 3. The fourth-order valence-electron chi connectivity index (χ4n) is 2.29. The van der Waals surface area contributed by atoms with E-state index in [-0.39, 0.29) is 5.70 Å². The normalized spacial score (nSPS) is 15.3. The monoisotopic (exact) mass is 309 g/mol. The topological polar surface area (TPSA) is 57.1 Å². The number of aliphatic imine (C=N–C) groups is 1. The molecule has 0 unspecified atom stereocenters. The first-order valence-electron chi connectivity index (χ1n) is 7.02. The fourth-order valence-corrected chi connectivity index (χ4v) is 2.29. The third kappa shape index (κ3) is 2.94. The van der Waals surface area contributed by atoms with E-state index in [1.165, 1.54) is 0 Å². The summed E-state index contributed by atoms with van der Waals surface area (Å²) in [5.41, 5.74) is 1.66. The number of carbonyl (C=O) groups is 1. The molecular formula is C18H15NO4. The van der Waals surface area contributed by atoms with Gasteiger partial charge in [-0.1, -0.05) is 30.3 Å². The van der Waals surface area contributed by atoms with E-state index in [4.69, 9.17) is 14.2 Å². The summed E-state index contributed by atoms with van der Waals surface area (Å²) in [6, 6.07) is 14.7. The molecular weight excluding hydrogens is 294 g/mol. The predicted molar refractivity (Wildman–Crippen MR) is 86.6 cm³/mol. The predicted octanol–water partition coefficient (Wildman–Crippen LogP) is 3.05. The second-order valence-electron chi connectivity index (χ2n) is 4.78. The number of esters is 1. The summed E-state index contributed by atoms with van der Waals surface area (Å²) in [5.74, 6) is 0.927. The Morgan fingerprint density at radius 2 is 1.78 bits per heavy atom. The van der Waals surface area contributed by atoms with Crippen LogP contribution in [0.3, 0.4) is 0 Å². The molecule has 0 spiro atoms. The Labute approximate surface area is 133 Å². The molecule has 3 rings (SSSR count). The van der Waals surface area contributed by atoms with Crippen LogP contribution >= 0.6 is 0 Å². The lowest BCUT2D eigenvalue weighted by molar-refractivity contribution is -0.129. The highest BCUT2D eigenvalue weighted by atomic mass is 16.6. The number of cyclic esters (lactones) is 1. The zero-order valence-corrected chi connectivity index (χ0v) is 12.8. The standard InChI is InChI=1S/C18H15NO4/c1-21-15-10-6-9-13(16(15)22-2)11-14-18(20)23-17(19-14)12-7-4-3-5-8-12/h3-11H,1-2H3/b14-11+. The van der Waals surface area contributed by atoms with E-state index in [0.29, 0.717) is 23.0 Å². The number of rotatable bonds is 4. The lowest BCUT2D eigenvalue weighted by Gasteiger charge is -2.09. The summed E-state index contributed by atoms with van der Waals surface area (Å²) in [5, 5.41) is 0. The molecule has 0 amide bonds. The van der Waals surface area contributed by atoms with Crippen LogP contribution in [0.1, 0.15) is 11.1 Å². The first-order chi connectivity index (χ1) is 11.2. The Balaban J connectivity index is 2.00. The van der Waals surface area contributed by atoms with Gasteiger partial charge in [-0.05, 0) is 24.3 Å². The molecule has 1 heterocycles. The minimum absolute atomic E-state index is 0.218. The van der Waals surface area contributed by atoms with Gasteiger partial charge in [-0.15, -0.1) is 0 Å². The number of hydrogen-bond donors (Lipinski definition) is 0. The van der Waals surface area contributed by atoms with Crippen LogP contribution in [0.25, 0.3) is 6.08 Å². The van der Waals surface area contributed by atoms with E-state index in [1.54, 1.807) is 26.4 Å². The van der Waals surface area contributed by atoms with Gasteiger partial charge in [0.15, 0.2) is 17.2 Å². The van der Waals surface area contributed by atoms with Gasteiger partial charge in [-0.2, -0.15) is 0 Å². The highest BCUT2D eigenvalue weighted by Gasteiger charge is 2.24. The van der Waals surface area contributed by atoms with Gasteiger partial charge in [0.25, 0.3) is 0 Å². The maximum absolute atomic E-state index is 12.0. The van der Waals surface area contributed by atoms with Crippen LogP contribution in [0, 0.1) is 0 Å². The van der Waals surface area contributed by atoms with Crippen LogP contribution in [0.15, 0.2) is 59.2 Å². The summed E-state index contributed by atoms with van der Waals surface area (Å²) in [6.07, 6.45) is 1.62. The van der Waals surface area contributed by atoms with Gasteiger partial charge in [-0.3, -0.25) is 0 Å². The number of carbonyl (C=O) groups excluding carboxylic acids is 1. The molecule has 5 nitrogen and oxygen atoms in total. The van der Waals surface area contributed by atoms with E-state index >= 15 is 0 Å². The summed E-state index contributed by atoms with van der Waals surface area (Å²) in [4.78, 5) is 16.3. The molecule has 5 heteroatoms. The fraction of sp³-hybridized carbons (Fsp3) is 0.111. The minimum Gasteiger partial charge on any atom is -0.493 e. The lowest BCUT2D eigenvalue weighted by Crippen LogP contribution is -2.05. The smallest absolute Gasteiger partial charge is 0.363 e. The van der Waals surface area contributed by atoms with Gasteiger partial charge in [-0.25, -0.2) is 9.79 Å². The van der Waals surface area contributed by atoms with Crippen LogP contribution in [0.5, 0.6) is 11.5 Å². The van der Waals surface area contributed by atoms with Crippen molar-refractivity contribution < 1.29 is 19.0 Å². The van der Waals surface area contributed by atoms with Crippen molar-refractivity contribution in [2.75, 3.05) is 14.2 Å². The van der Waals surface area contributed by atoms with Crippen LogP contribution in [-0.4, -0.2) is 26.1 Å². The van der Waals surface area contributed by atoms with Gasteiger partial charge in [0, 0.05) is 11.1 Å². The second kappa shape index (κ2) is 6.36. The third-order valence-corrected chi connectivity index (χ3v) is 3.37. The van der Waals surface area contributed by atoms with E-state index in [1.807, 2.05) is 42.5 Å². The quantitative estimate of drug-likeness (QED) is 0.643. The largest absolute Gasteiger partial charge is 0.493 e. The molecule has 1 aliphatic rings. The zero-order valence-electron chi connectivity index (χ0n) is 12.8. The zero-order chi connectivity index (χ0) is 16.2. The average Bonchev–Trinajstić information content (AvgIpc) is 2.96. The number of nitrogens with zero attached hydrogens (tertiary/aromatic N) is 1. The highest BCUT2D eigenvalue weighted by molar-refractivity contribution is 6.12. The van der Waals surface area contributed by atoms with Crippen molar-refractivity contribution in [1.29, 1.82) is 0 Å². The highest BCUT2D eigenvalue weighted by Crippen LogP contribution is 2.33. The van der Waals surface area contributed by atoms with E-state index in [0.717, 1.165) is 5.56 Å². The van der Waals surface area contributed by atoms with Crippen molar-refractivity contribution in [2.45, 2.75) is 0 Å². The van der Waals surface area contributed by atoms with Crippen LogP contribution in [-0.2, 0) is 9.53 Å². The Kier molecular flexibility index (Phi) is 4.10. The van der Waals surface area contributed by atoms with Crippen molar-refractivity contribution >= 4 is 17.9 Å². The van der Waals surface area contributed by atoms with E-state index in [9.17, 15) is 4.79 Å². The molecule has 0 N–H and O–H groups in total. The first kappa shape index (κ1) is 14.8.